The molecule has 0 fully saturated rings. The van der Waals surface area contributed by atoms with E-state index < -0.39 is 5.91 Å². The van der Waals surface area contributed by atoms with Crippen LogP contribution in [0.5, 0.6) is 23.0 Å². The second-order valence-electron chi connectivity index (χ2n) is 5.58. The second kappa shape index (κ2) is 8.30. The number of ether oxygens (including phenoxy) is 4. The molecule has 1 heterocycles. The molecule has 28 heavy (non-hydrogen) atoms. The Hall–Kier alpha value is -3.75. The van der Waals surface area contributed by atoms with Crippen LogP contribution < -0.4 is 24.7 Å². The van der Waals surface area contributed by atoms with Gasteiger partial charge in [0, 0.05) is 5.56 Å². The van der Waals surface area contributed by atoms with Crippen LogP contribution >= 0.6 is 0 Å². The number of benzene rings is 2. The molecule has 0 atom stereocenters. The van der Waals surface area contributed by atoms with Gasteiger partial charge in [-0.1, -0.05) is 5.16 Å². The van der Waals surface area contributed by atoms with Gasteiger partial charge in [0.15, 0.2) is 18.1 Å². The zero-order valence-electron chi connectivity index (χ0n) is 15.6. The molecule has 0 spiro atoms. The normalized spacial score (nSPS) is 10.4. The number of aromatic nitrogens is 2. The quantitative estimate of drug-likeness (QED) is 0.627. The van der Waals surface area contributed by atoms with Crippen LogP contribution in [0.25, 0.3) is 22.8 Å². The van der Waals surface area contributed by atoms with E-state index in [4.69, 9.17) is 29.2 Å². The van der Waals surface area contributed by atoms with Crippen LogP contribution in [-0.4, -0.2) is 44.0 Å². The zero-order chi connectivity index (χ0) is 20.1. The van der Waals surface area contributed by atoms with Crippen LogP contribution in [0.3, 0.4) is 0 Å². The van der Waals surface area contributed by atoms with Gasteiger partial charge in [-0.15, -0.1) is 0 Å². The molecule has 0 unspecified atom stereocenters. The molecule has 0 aliphatic carbocycles. The summed E-state index contributed by atoms with van der Waals surface area (Å²) in [7, 11) is 4.58. The number of primary amides is 1. The van der Waals surface area contributed by atoms with E-state index in [1.807, 2.05) is 0 Å². The van der Waals surface area contributed by atoms with Crippen molar-refractivity contribution in [2.24, 2.45) is 5.73 Å². The molecule has 0 bridgehead atoms. The van der Waals surface area contributed by atoms with Gasteiger partial charge in [-0.3, -0.25) is 4.79 Å². The number of rotatable bonds is 8. The first-order chi connectivity index (χ1) is 13.6. The minimum atomic E-state index is -0.546. The standard InChI is InChI=1S/C19H19N3O6/c1-24-14-9-8-13(16(25-2)17(14)26-3)19-21-18(22-28-19)11-4-6-12(7-5-11)27-10-15(20)23/h4-9H,10H2,1-3H3,(H2,20,23). The number of nitrogens with two attached hydrogens (primary N) is 1. The van der Waals surface area contributed by atoms with Crippen molar-refractivity contribution < 1.29 is 28.3 Å². The molecule has 0 saturated carbocycles. The van der Waals surface area contributed by atoms with Crippen molar-refractivity contribution in [1.29, 1.82) is 0 Å². The van der Waals surface area contributed by atoms with Gasteiger partial charge in [0.05, 0.1) is 26.9 Å². The molecule has 9 nitrogen and oxygen atoms in total. The highest BCUT2D eigenvalue weighted by molar-refractivity contribution is 5.75. The Morgan fingerprint density at radius 2 is 1.71 bits per heavy atom. The number of amides is 1. The van der Waals surface area contributed by atoms with Crippen LogP contribution in [0.1, 0.15) is 0 Å². The summed E-state index contributed by atoms with van der Waals surface area (Å²) in [4.78, 5) is 15.2. The van der Waals surface area contributed by atoms with E-state index in [0.717, 1.165) is 0 Å². The Bertz CT molecular complexity index is 968. The molecular weight excluding hydrogens is 366 g/mol. The molecule has 0 aliphatic heterocycles. The van der Waals surface area contributed by atoms with E-state index in [0.29, 0.717) is 39.9 Å². The maximum absolute atomic E-state index is 10.8. The first kappa shape index (κ1) is 19.0. The summed E-state index contributed by atoms with van der Waals surface area (Å²) in [5.41, 5.74) is 6.34. The molecule has 0 saturated heterocycles. The van der Waals surface area contributed by atoms with Crippen molar-refractivity contribution in [3.8, 4) is 45.8 Å². The van der Waals surface area contributed by atoms with Gasteiger partial charge in [0.1, 0.15) is 5.75 Å². The molecule has 1 amide bonds. The van der Waals surface area contributed by atoms with E-state index >= 15 is 0 Å². The highest BCUT2D eigenvalue weighted by Gasteiger charge is 2.21. The number of methoxy groups -OCH3 is 3. The molecule has 0 aliphatic rings. The predicted molar refractivity (Wildman–Crippen MR) is 99.5 cm³/mol. The van der Waals surface area contributed by atoms with Gasteiger partial charge in [-0.2, -0.15) is 4.98 Å². The number of hydrogen-bond acceptors (Lipinski definition) is 8. The fourth-order valence-electron chi connectivity index (χ4n) is 2.57. The van der Waals surface area contributed by atoms with Crippen LogP contribution in [0.4, 0.5) is 0 Å². The van der Waals surface area contributed by atoms with Gasteiger partial charge in [0.2, 0.25) is 11.6 Å². The first-order valence-corrected chi connectivity index (χ1v) is 8.22. The lowest BCUT2D eigenvalue weighted by Gasteiger charge is -2.13. The third-order valence-corrected chi connectivity index (χ3v) is 3.85. The van der Waals surface area contributed by atoms with Crippen molar-refractivity contribution >= 4 is 5.91 Å². The summed E-state index contributed by atoms with van der Waals surface area (Å²) in [6.07, 6.45) is 0. The fraction of sp³-hybridized carbons (Fsp3) is 0.211. The third-order valence-electron chi connectivity index (χ3n) is 3.85. The lowest BCUT2D eigenvalue weighted by atomic mass is 10.1. The highest BCUT2D eigenvalue weighted by atomic mass is 16.5. The lowest BCUT2D eigenvalue weighted by molar-refractivity contribution is -0.119. The number of hydrogen-bond donors (Lipinski definition) is 1. The largest absolute Gasteiger partial charge is 0.493 e. The Morgan fingerprint density at radius 1 is 1.00 bits per heavy atom. The fourth-order valence-corrected chi connectivity index (χ4v) is 2.57. The molecule has 146 valence electrons. The van der Waals surface area contributed by atoms with Crippen molar-refractivity contribution in [3.63, 3.8) is 0 Å². The van der Waals surface area contributed by atoms with Crippen molar-refractivity contribution in [2.75, 3.05) is 27.9 Å². The van der Waals surface area contributed by atoms with E-state index in [9.17, 15) is 4.79 Å². The number of carbonyl (C=O) groups is 1. The average Bonchev–Trinajstić information content (AvgIpc) is 3.21. The average molecular weight is 385 g/mol. The Balaban J connectivity index is 1.89. The monoisotopic (exact) mass is 385 g/mol. The third kappa shape index (κ3) is 3.83. The molecule has 2 aromatic carbocycles. The Labute approximate surface area is 161 Å². The van der Waals surface area contributed by atoms with Gasteiger partial charge >= 0.3 is 0 Å². The summed E-state index contributed by atoms with van der Waals surface area (Å²) < 4.78 is 26.7. The van der Waals surface area contributed by atoms with Gasteiger partial charge in [-0.25, -0.2) is 0 Å². The topological polar surface area (TPSA) is 119 Å². The summed E-state index contributed by atoms with van der Waals surface area (Å²) in [5, 5.41) is 4.01. The Morgan fingerprint density at radius 3 is 2.32 bits per heavy atom. The van der Waals surface area contributed by atoms with E-state index in [1.54, 1.807) is 43.5 Å². The van der Waals surface area contributed by atoms with Crippen LogP contribution in [-0.2, 0) is 4.79 Å². The summed E-state index contributed by atoms with van der Waals surface area (Å²) in [6, 6.07) is 10.3. The van der Waals surface area contributed by atoms with E-state index in [1.165, 1.54) is 14.2 Å². The summed E-state index contributed by atoms with van der Waals surface area (Å²) in [5.74, 6) is 1.98. The molecular formula is C19H19N3O6. The zero-order valence-corrected chi connectivity index (χ0v) is 15.6. The molecule has 1 aromatic heterocycles. The summed E-state index contributed by atoms with van der Waals surface area (Å²) in [6.45, 7) is -0.190. The van der Waals surface area contributed by atoms with Gasteiger partial charge < -0.3 is 29.2 Å². The number of nitrogens with zero attached hydrogens (tertiary/aromatic N) is 2. The predicted octanol–water partition coefficient (Wildman–Crippen LogP) is 2.29. The molecule has 3 aromatic rings. The Kier molecular flexibility index (Phi) is 5.64. The highest BCUT2D eigenvalue weighted by Crippen LogP contribution is 2.44. The van der Waals surface area contributed by atoms with E-state index in [2.05, 4.69) is 10.1 Å². The van der Waals surface area contributed by atoms with E-state index in [-0.39, 0.29) is 12.5 Å². The van der Waals surface area contributed by atoms with Crippen molar-refractivity contribution in [2.45, 2.75) is 0 Å². The second-order valence-corrected chi connectivity index (χ2v) is 5.58. The van der Waals surface area contributed by atoms with Crippen LogP contribution in [0, 0.1) is 0 Å². The van der Waals surface area contributed by atoms with Crippen molar-refractivity contribution in [1.82, 2.24) is 10.1 Å². The minimum absolute atomic E-state index is 0.190. The molecule has 0 radical (unpaired) electrons. The first-order valence-electron chi connectivity index (χ1n) is 8.22. The minimum Gasteiger partial charge on any atom is -0.493 e. The maximum atomic E-state index is 10.8. The molecule has 9 heteroatoms. The summed E-state index contributed by atoms with van der Waals surface area (Å²) >= 11 is 0. The van der Waals surface area contributed by atoms with Crippen molar-refractivity contribution in [3.05, 3.63) is 36.4 Å². The van der Waals surface area contributed by atoms with Gasteiger partial charge in [-0.05, 0) is 36.4 Å². The van der Waals surface area contributed by atoms with Crippen LogP contribution in [0.2, 0.25) is 0 Å². The molecule has 3 rings (SSSR count). The molecule has 2 N–H and O–H groups in total. The smallest absolute Gasteiger partial charge is 0.262 e. The lowest BCUT2D eigenvalue weighted by Crippen LogP contribution is -2.19. The maximum Gasteiger partial charge on any atom is 0.262 e. The SMILES string of the molecule is COc1ccc(-c2nc(-c3ccc(OCC(N)=O)cc3)no2)c(OC)c1OC. The van der Waals surface area contributed by atoms with Crippen LogP contribution in [0.15, 0.2) is 40.9 Å². The van der Waals surface area contributed by atoms with Gasteiger partial charge in [0.25, 0.3) is 11.8 Å². The number of carbonyl (C=O) groups excluding carboxylic acids is 1.